The fourth-order valence-electron chi connectivity index (χ4n) is 2.86. The van der Waals surface area contributed by atoms with Crippen LogP contribution in [0.15, 0.2) is 36.7 Å². The second-order valence-electron chi connectivity index (χ2n) is 6.27. The maximum atomic E-state index is 12.1. The Labute approximate surface area is 157 Å². The van der Waals surface area contributed by atoms with Crippen molar-refractivity contribution in [1.29, 1.82) is 0 Å². The molecule has 2 heterocycles. The van der Waals surface area contributed by atoms with Crippen LogP contribution in [0.1, 0.15) is 30.1 Å². The first kappa shape index (κ1) is 18.9. The Morgan fingerprint density at radius 1 is 1.33 bits per heavy atom. The van der Waals surface area contributed by atoms with Crippen molar-refractivity contribution in [3.63, 3.8) is 0 Å². The van der Waals surface area contributed by atoms with Crippen LogP contribution in [0.4, 0.5) is 5.69 Å². The molecule has 1 fully saturated rings. The van der Waals surface area contributed by atoms with Gasteiger partial charge in [-0.05, 0) is 44.0 Å². The van der Waals surface area contributed by atoms with Crippen LogP contribution in [-0.4, -0.2) is 47.5 Å². The molecule has 0 spiro atoms. The van der Waals surface area contributed by atoms with Gasteiger partial charge in [0.05, 0.1) is 37.7 Å². The highest BCUT2D eigenvalue weighted by Crippen LogP contribution is 2.15. The van der Waals surface area contributed by atoms with Crippen molar-refractivity contribution in [3.05, 3.63) is 42.2 Å². The molecule has 0 radical (unpaired) electrons. The maximum Gasteiger partial charge on any atom is 0.251 e. The van der Waals surface area contributed by atoms with Crippen molar-refractivity contribution in [1.82, 2.24) is 15.1 Å². The molecule has 3 rings (SSSR count). The van der Waals surface area contributed by atoms with Crippen molar-refractivity contribution < 1.29 is 19.1 Å². The van der Waals surface area contributed by atoms with E-state index < -0.39 is 0 Å². The van der Waals surface area contributed by atoms with Crippen LogP contribution in [-0.2, 0) is 16.1 Å². The molecular weight excluding hydrogens is 348 g/mol. The zero-order valence-electron chi connectivity index (χ0n) is 15.3. The van der Waals surface area contributed by atoms with Gasteiger partial charge in [0.2, 0.25) is 5.91 Å². The summed E-state index contributed by atoms with van der Waals surface area (Å²) in [5, 5.41) is 9.54. The summed E-state index contributed by atoms with van der Waals surface area (Å²) in [6, 6.07) is 6.77. The van der Waals surface area contributed by atoms with E-state index in [1.807, 2.05) is 6.92 Å². The number of rotatable bonds is 8. The summed E-state index contributed by atoms with van der Waals surface area (Å²) in [5.41, 5.74) is 1.06. The van der Waals surface area contributed by atoms with Crippen LogP contribution in [0.3, 0.4) is 0 Å². The second kappa shape index (κ2) is 9.18. The number of amides is 2. The Balaban J connectivity index is 1.43. The number of aromatic nitrogens is 2. The van der Waals surface area contributed by atoms with E-state index in [9.17, 15) is 9.59 Å². The lowest BCUT2D eigenvalue weighted by Crippen LogP contribution is -2.32. The molecule has 1 atom stereocenters. The largest absolute Gasteiger partial charge is 0.494 e. The molecule has 1 saturated heterocycles. The lowest BCUT2D eigenvalue weighted by atomic mass is 10.2. The predicted molar refractivity (Wildman–Crippen MR) is 99.8 cm³/mol. The highest BCUT2D eigenvalue weighted by Gasteiger charge is 2.16. The fourth-order valence-corrected chi connectivity index (χ4v) is 2.86. The van der Waals surface area contributed by atoms with E-state index >= 15 is 0 Å². The van der Waals surface area contributed by atoms with Crippen LogP contribution >= 0.6 is 0 Å². The smallest absolute Gasteiger partial charge is 0.251 e. The van der Waals surface area contributed by atoms with Crippen molar-refractivity contribution in [2.45, 2.75) is 32.4 Å². The molecule has 1 aromatic heterocycles. The molecule has 27 heavy (non-hydrogen) atoms. The summed E-state index contributed by atoms with van der Waals surface area (Å²) < 4.78 is 12.7. The number of carbonyl (C=O) groups excluding carboxylic acids is 2. The van der Waals surface area contributed by atoms with E-state index in [-0.39, 0.29) is 24.5 Å². The summed E-state index contributed by atoms with van der Waals surface area (Å²) in [6.45, 7) is 3.80. The van der Waals surface area contributed by atoms with Crippen molar-refractivity contribution in [2.75, 3.05) is 25.1 Å². The topological polar surface area (TPSA) is 94.5 Å². The first-order valence-electron chi connectivity index (χ1n) is 9.09. The monoisotopic (exact) mass is 372 g/mol. The molecule has 0 saturated carbocycles. The maximum absolute atomic E-state index is 12.1. The number of ether oxygens (including phenoxy) is 2. The van der Waals surface area contributed by atoms with Crippen molar-refractivity contribution in [2.24, 2.45) is 0 Å². The van der Waals surface area contributed by atoms with Gasteiger partial charge >= 0.3 is 0 Å². The quantitative estimate of drug-likeness (QED) is 0.737. The van der Waals surface area contributed by atoms with Crippen molar-refractivity contribution >= 4 is 17.5 Å². The van der Waals surface area contributed by atoms with Gasteiger partial charge in [-0.25, -0.2) is 0 Å². The summed E-state index contributed by atoms with van der Waals surface area (Å²) in [7, 11) is 0. The molecule has 0 bridgehead atoms. The van der Waals surface area contributed by atoms with Gasteiger partial charge in [-0.15, -0.1) is 0 Å². The Hall–Kier alpha value is -2.87. The summed E-state index contributed by atoms with van der Waals surface area (Å²) in [4.78, 5) is 24.1. The van der Waals surface area contributed by atoms with E-state index in [4.69, 9.17) is 9.47 Å². The van der Waals surface area contributed by atoms with E-state index in [1.165, 1.54) is 0 Å². The number of carbonyl (C=O) groups is 2. The summed E-state index contributed by atoms with van der Waals surface area (Å²) in [6.07, 6.45) is 5.62. The van der Waals surface area contributed by atoms with Crippen LogP contribution in [0.5, 0.6) is 5.75 Å². The molecular formula is C19H24N4O4. The van der Waals surface area contributed by atoms with Gasteiger partial charge in [0.15, 0.2) is 0 Å². The van der Waals surface area contributed by atoms with E-state index in [0.717, 1.165) is 19.4 Å². The molecule has 1 aliphatic heterocycles. The number of nitrogens with one attached hydrogen (secondary N) is 2. The highest BCUT2D eigenvalue weighted by molar-refractivity contribution is 5.99. The number of hydrogen-bond acceptors (Lipinski definition) is 5. The Morgan fingerprint density at radius 3 is 2.85 bits per heavy atom. The van der Waals surface area contributed by atoms with Gasteiger partial charge in [-0.1, -0.05) is 0 Å². The van der Waals surface area contributed by atoms with Gasteiger partial charge in [0.1, 0.15) is 5.75 Å². The molecule has 8 heteroatoms. The van der Waals surface area contributed by atoms with Crippen LogP contribution < -0.4 is 15.4 Å². The molecule has 2 aromatic rings. The number of benzene rings is 1. The van der Waals surface area contributed by atoms with Crippen molar-refractivity contribution in [3.8, 4) is 5.75 Å². The third-order valence-electron chi connectivity index (χ3n) is 4.17. The lowest BCUT2D eigenvalue weighted by Gasteiger charge is -2.08. The number of anilines is 1. The average Bonchev–Trinajstić information content (AvgIpc) is 3.33. The Kier molecular flexibility index (Phi) is 6.43. The van der Waals surface area contributed by atoms with Gasteiger partial charge in [0, 0.05) is 18.4 Å². The summed E-state index contributed by atoms with van der Waals surface area (Å²) >= 11 is 0. The van der Waals surface area contributed by atoms with E-state index in [1.54, 1.807) is 41.3 Å². The number of nitrogens with zero attached hydrogens (tertiary/aromatic N) is 2. The molecule has 2 N–H and O–H groups in total. The SMILES string of the molecule is CCOc1ccc(C(=O)NCC(=O)Nc2cnn(CC3CCCO3)c2)cc1. The predicted octanol–water partition coefficient (Wildman–Crippen LogP) is 1.83. The molecule has 1 aromatic carbocycles. The fraction of sp³-hybridized carbons (Fsp3) is 0.421. The summed E-state index contributed by atoms with van der Waals surface area (Å²) in [5.74, 6) is 0.0695. The first-order valence-corrected chi connectivity index (χ1v) is 9.09. The average molecular weight is 372 g/mol. The highest BCUT2D eigenvalue weighted by atomic mass is 16.5. The Bertz CT molecular complexity index is 766. The molecule has 8 nitrogen and oxygen atoms in total. The van der Waals surface area contributed by atoms with Gasteiger partial charge in [-0.3, -0.25) is 14.3 Å². The molecule has 1 unspecified atom stereocenters. The first-order chi connectivity index (χ1) is 13.1. The Morgan fingerprint density at radius 2 is 2.15 bits per heavy atom. The number of hydrogen-bond donors (Lipinski definition) is 2. The molecule has 1 aliphatic rings. The third-order valence-corrected chi connectivity index (χ3v) is 4.17. The minimum absolute atomic E-state index is 0.122. The van der Waals surface area contributed by atoms with E-state index in [2.05, 4.69) is 15.7 Å². The van der Waals surface area contributed by atoms with Gasteiger partial charge < -0.3 is 20.1 Å². The van der Waals surface area contributed by atoms with Gasteiger partial charge in [0.25, 0.3) is 5.91 Å². The van der Waals surface area contributed by atoms with E-state index in [0.29, 0.717) is 30.2 Å². The van der Waals surface area contributed by atoms with Crippen LogP contribution in [0, 0.1) is 0 Å². The second-order valence-corrected chi connectivity index (χ2v) is 6.27. The standard InChI is InChI=1S/C19H24N4O4/c1-2-26-16-7-5-14(6-8-16)19(25)20-11-18(24)22-15-10-21-23(12-15)13-17-4-3-9-27-17/h5-8,10,12,17H,2-4,9,11,13H2,1H3,(H,20,25)(H,22,24). The molecule has 0 aliphatic carbocycles. The lowest BCUT2D eigenvalue weighted by molar-refractivity contribution is -0.115. The van der Waals surface area contributed by atoms with Crippen LogP contribution in [0.25, 0.3) is 0 Å². The van der Waals surface area contributed by atoms with Gasteiger partial charge in [-0.2, -0.15) is 5.10 Å². The minimum Gasteiger partial charge on any atom is -0.494 e. The van der Waals surface area contributed by atoms with Crippen LogP contribution in [0.2, 0.25) is 0 Å². The molecule has 2 amide bonds. The zero-order chi connectivity index (χ0) is 19.1. The molecule has 144 valence electrons. The third kappa shape index (κ3) is 5.55. The normalized spacial score (nSPS) is 16.1. The zero-order valence-corrected chi connectivity index (χ0v) is 15.3. The minimum atomic E-state index is -0.317.